The van der Waals surface area contributed by atoms with Gasteiger partial charge in [-0.2, -0.15) is 5.26 Å². The number of hydrogen-bond donors (Lipinski definition) is 0. The highest BCUT2D eigenvalue weighted by atomic mass is 16.7. The van der Waals surface area contributed by atoms with Gasteiger partial charge >= 0.3 is 0 Å². The number of hydrogen-bond acceptors (Lipinski definition) is 4. The van der Waals surface area contributed by atoms with E-state index in [1.807, 2.05) is 0 Å². The second-order valence-corrected chi connectivity index (χ2v) is 3.44. The van der Waals surface area contributed by atoms with E-state index in [0.29, 0.717) is 0 Å². The van der Waals surface area contributed by atoms with E-state index >= 15 is 0 Å². The van der Waals surface area contributed by atoms with Crippen molar-refractivity contribution in [2.24, 2.45) is 10.9 Å². The maximum Gasteiger partial charge on any atom is 0.247 e. The fraction of sp³-hybridized carbons (Fsp3) is 0.700. The average Bonchev–Trinajstić information content (AvgIpc) is 2.77. The highest BCUT2D eigenvalue weighted by molar-refractivity contribution is 5.93. The van der Waals surface area contributed by atoms with Crippen molar-refractivity contribution < 1.29 is 9.63 Å². The van der Waals surface area contributed by atoms with Crippen LogP contribution in [0.5, 0.6) is 0 Å². The number of amides is 1. The molecule has 5 nitrogen and oxygen atoms in total. The fourth-order valence-corrected chi connectivity index (χ4v) is 1.49. The largest absolute Gasteiger partial charge is 0.293 e. The lowest BCUT2D eigenvalue weighted by Crippen LogP contribution is -2.28. The Hall–Kier alpha value is -1.41. The first-order chi connectivity index (χ1) is 7.19. The lowest BCUT2D eigenvalue weighted by atomic mass is 9.98. The van der Waals surface area contributed by atoms with Crippen molar-refractivity contribution in [2.45, 2.75) is 19.3 Å². The highest BCUT2D eigenvalue weighted by Gasteiger charge is 2.23. The molecule has 82 valence electrons. The Morgan fingerprint density at radius 3 is 3.00 bits per heavy atom. The van der Waals surface area contributed by atoms with Gasteiger partial charge in [-0.15, -0.1) is 0 Å². The molecule has 0 radical (unpaired) electrons. The summed E-state index contributed by atoms with van der Waals surface area (Å²) in [4.78, 5) is 20.5. The molecule has 0 saturated heterocycles. The van der Waals surface area contributed by atoms with E-state index in [1.54, 1.807) is 0 Å². The summed E-state index contributed by atoms with van der Waals surface area (Å²) in [5, 5.41) is 10.1. The standard InChI is InChI=1S/C10H15N3O2/c1-13(15-2)10(14)6-8(7-11)9-4-3-5-12-9/h8H,3-6H2,1-2H3. The molecule has 1 aliphatic heterocycles. The number of carbonyl (C=O) groups excluding carboxylic acids is 1. The summed E-state index contributed by atoms with van der Waals surface area (Å²) in [5.74, 6) is -0.587. The topological polar surface area (TPSA) is 65.7 Å². The quantitative estimate of drug-likeness (QED) is 0.642. The molecule has 15 heavy (non-hydrogen) atoms. The minimum atomic E-state index is -0.391. The van der Waals surface area contributed by atoms with Crippen LogP contribution in [-0.4, -0.2) is 37.4 Å². The van der Waals surface area contributed by atoms with Crippen LogP contribution in [-0.2, 0) is 9.63 Å². The van der Waals surface area contributed by atoms with Crippen molar-refractivity contribution >= 4 is 11.6 Å². The number of aliphatic imine (C=N–C) groups is 1. The molecule has 0 aromatic heterocycles. The second kappa shape index (κ2) is 5.47. The molecular weight excluding hydrogens is 194 g/mol. The third-order valence-electron chi connectivity index (χ3n) is 2.47. The van der Waals surface area contributed by atoms with Gasteiger partial charge in [0.1, 0.15) is 0 Å². The molecule has 1 heterocycles. The van der Waals surface area contributed by atoms with Crippen LogP contribution in [0.4, 0.5) is 0 Å². The monoisotopic (exact) mass is 209 g/mol. The Morgan fingerprint density at radius 2 is 2.53 bits per heavy atom. The molecule has 1 atom stereocenters. The Labute approximate surface area is 89.3 Å². The summed E-state index contributed by atoms with van der Waals surface area (Å²) in [6.45, 7) is 0.780. The lowest BCUT2D eigenvalue weighted by Gasteiger charge is -2.15. The van der Waals surface area contributed by atoms with Gasteiger partial charge in [0.15, 0.2) is 0 Å². The highest BCUT2D eigenvalue weighted by Crippen LogP contribution is 2.16. The maximum absolute atomic E-state index is 11.5. The molecule has 5 heteroatoms. The number of rotatable bonds is 4. The van der Waals surface area contributed by atoms with Crippen LogP contribution in [0.15, 0.2) is 4.99 Å². The second-order valence-electron chi connectivity index (χ2n) is 3.44. The van der Waals surface area contributed by atoms with Crippen molar-refractivity contribution in [1.82, 2.24) is 5.06 Å². The Balaban J connectivity index is 2.54. The van der Waals surface area contributed by atoms with Crippen molar-refractivity contribution in [2.75, 3.05) is 20.7 Å². The summed E-state index contributed by atoms with van der Waals surface area (Å²) in [6, 6.07) is 2.12. The van der Waals surface area contributed by atoms with Gasteiger partial charge in [-0.1, -0.05) is 0 Å². The van der Waals surface area contributed by atoms with Gasteiger partial charge in [0.2, 0.25) is 5.91 Å². The van der Waals surface area contributed by atoms with Gasteiger partial charge in [-0.25, -0.2) is 5.06 Å². The van der Waals surface area contributed by atoms with Gasteiger partial charge in [-0.05, 0) is 12.8 Å². The predicted molar refractivity (Wildman–Crippen MR) is 55.0 cm³/mol. The van der Waals surface area contributed by atoms with Crippen LogP contribution in [0.3, 0.4) is 0 Å². The third kappa shape index (κ3) is 3.03. The first-order valence-corrected chi connectivity index (χ1v) is 4.92. The molecule has 0 aromatic rings. The lowest BCUT2D eigenvalue weighted by molar-refractivity contribution is -0.168. The summed E-state index contributed by atoms with van der Waals surface area (Å²) >= 11 is 0. The van der Waals surface area contributed by atoms with E-state index in [9.17, 15) is 4.79 Å². The minimum absolute atomic E-state index is 0.152. The molecule has 1 amide bonds. The van der Waals surface area contributed by atoms with Crippen molar-refractivity contribution in [3.63, 3.8) is 0 Å². The average molecular weight is 209 g/mol. The van der Waals surface area contributed by atoms with Crippen LogP contribution in [0.2, 0.25) is 0 Å². The van der Waals surface area contributed by atoms with Gasteiger partial charge in [-0.3, -0.25) is 14.6 Å². The minimum Gasteiger partial charge on any atom is -0.293 e. The maximum atomic E-state index is 11.5. The zero-order valence-electron chi connectivity index (χ0n) is 9.06. The molecule has 0 bridgehead atoms. The predicted octanol–water partition coefficient (Wildman–Crippen LogP) is 0.771. The molecule has 1 aliphatic rings. The van der Waals surface area contributed by atoms with Crippen LogP contribution >= 0.6 is 0 Å². The fourth-order valence-electron chi connectivity index (χ4n) is 1.49. The zero-order valence-corrected chi connectivity index (χ0v) is 9.06. The SMILES string of the molecule is CON(C)C(=O)CC(C#N)C1=NCCC1. The van der Waals surface area contributed by atoms with Crippen molar-refractivity contribution in [1.29, 1.82) is 5.26 Å². The van der Waals surface area contributed by atoms with Gasteiger partial charge in [0, 0.05) is 19.3 Å². The van der Waals surface area contributed by atoms with E-state index in [-0.39, 0.29) is 12.3 Å². The summed E-state index contributed by atoms with van der Waals surface area (Å²) in [7, 11) is 2.96. The zero-order chi connectivity index (χ0) is 11.3. The van der Waals surface area contributed by atoms with Crippen molar-refractivity contribution in [3.8, 4) is 6.07 Å². The first-order valence-electron chi connectivity index (χ1n) is 4.92. The molecule has 0 aliphatic carbocycles. The molecule has 1 rings (SSSR count). The van der Waals surface area contributed by atoms with Gasteiger partial charge in [0.05, 0.1) is 25.5 Å². The van der Waals surface area contributed by atoms with E-state index in [1.165, 1.54) is 14.2 Å². The van der Waals surface area contributed by atoms with E-state index in [4.69, 9.17) is 10.1 Å². The Bertz CT molecular complexity index is 306. The third-order valence-corrected chi connectivity index (χ3v) is 2.47. The Morgan fingerprint density at radius 1 is 1.80 bits per heavy atom. The van der Waals surface area contributed by atoms with Crippen molar-refractivity contribution in [3.05, 3.63) is 0 Å². The summed E-state index contributed by atoms with van der Waals surface area (Å²) < 4.78 is 0. The normalized spacial score (nSPS) is 16.7. The summed E-state index contributed by atoms with van der Waals surface area (Å²) in [6.07, 6.45) is 1.98. The van der Waals surface area contributed by atoms with Crippen LogP contribution in [0.1, 0.15) is 19.3 Å². The summed E-state index contributed by atoms with van der Waals surface area (Å²) in [5.41, 5.74) is 0.857. The van der Waals surface area contributed by atoms with E-state index in [2.05, 4.69) is 11.1 Å². The number of nitriles is 1. The Kier molecular flexibility index (Phi) is 4.25. The molecule has 0 fully saturated rings. The van der Waals surface area contributed by atoms with E-state index < -0.39 is 5.92 Å². The number of hydroxylamine groups is 2. The molecule has 1 unspecified atom stereocenters. The molecule has 0 spiro atoms. The van der Waals surface area contributed by atoms with Crippen LogP contribution in [0.25, 0.3) is 0 Å². The van der Waals surface area contributed by atoms with E-state index in [0.717, 1.165) is 30.2 Å². The molecular formula is C10H15N3O2. The van der Waals surface area contributed by atoms with Crippen LogP contribution < -0.4 is 0 Å². The first kappa shape index (κ1) is 11.7. The smallest absolute Gasteiger partial charge is 0.247 e. The molecule has 0 saturated carbocycles. The van der Waals surface area contributed by atoms with Gasteiger partial charge < -0.3 is 0 Å². The molecule has 0 aromatic carbocycles. The van der Waals surface area contributed by atoms with Gasteiger partial charge in [0.25, 0.3) is 0 Å². The number of carbonyl (C=O) groups is 1. The molecule has 0 N–H and O–H groups in total. The van der Waals surface area contributed by atoms with Crippen LogP contribution in [0, 0.1) is 17.2 Å². The number of nitrogens with zero attached hydrogens (tertiary/aromatic N) is 3.